The molecule has 3 aromatic carbocycles. The third kappa shape index (κ3) is 8.51. The van der Waals surface area contributed by atoms with E-state index in [2.05, 4.69) is 0 Å². The maximum absolute atomic E-state index is 14.0. The molecule has 18 heteroatoms. The number of aliphatic hydroxyl groups excluding tert-OH is 7. The van der Waals surface area contributed by atoms with Crippen molar-refractivity contribution in [1.29, 1.82) is 0 Å². The van der Waals surface area contributed by atoms with Crippen LogP contribution in [-0.4, -0.2) is 131 Å². The summed E-state index contributed by atoms with van der Waals surface area (Å²) in [5.41, 5.74) is 2.04. The number of hydrogen-bond donors (Lipinski definition) is 9. The van der Waals surface area contributed by atoms with E-state index < -0.39 is 103 Å². The van der Waals surface area contributed by atoms with Crippen LogP contribution in [0.1, 0.15) is 42.4 Å². The van der Waals surface area contributed by atoms with E-state index in [-0.39, 0.29) is 36.7 Å². The molecule has 0 saturated carbocycles. The number of hydrogen-bond acceptors (Lipinski definition) is 14. The van der Waals surface area contributed by atoms with E-state index in [0.29, 0.717) is 22.4 Å². The first-order valence-corrected chi connectivity index (χ1v) is 19.1. The zero-order valence-electron chi connectivity index (χ0n) is 31.6. The predicted molar refractivity (Wildman–Crippen MR) is 203 cm³/mol. The average Bonchev–Trinajstić information content (AvgIpc) is 3.23. The lowest BCUT2D eigenvalue weighted by molar-refractivity contribution is -0.306. The highest BCUT2D eigenvalue weighted by molar-refractivity contribution is 6.04. The van der Waals surface area contributed by atoms with Crippen LogP contribution in [0.15, 0.2) is 102 Å². The van der Waals surface area contributed by atoms with Crippen molar-refractivity contribution in [2.45, 2.75) is 98.7 Å². The molecule has 3 heterocycles. The Kier molecular flexibility index (Phi) is 12.7. The molecule has 320 valence electrons. The Bertz CT molecular complexity index is 2100. The normalized spacial score (nSPS) is 33.5. The molecule has 1 amide bonds. The summed E-state index contributed by atoms with van der Waals surface area (Å²) in [6.07, 6.45) is -15.7. The number of para-hydroxylation sites is 1. The van der Waals surface area contributed by atoms with Crippen molar-refractivity contribution in [2.24, 2.45) is 5.92 Å². The molecule has 0 radical (unpaired) electrons. The number of aliphatic hydroxyl groups is 7. The Morgan fingerprint density at radius 1 is 0.783 bits per heavy atom. The number of rotatable bonds is 13. The maximum atomic E-state index is 14.0. The van der Waals surface area contributed by atoms with Gasteiger partial charge in [0.15, 0.2) is 18.5 Å². The Morgan fingerprint density at radius 2 is 1.40 bits per heavy atom. The molecule has 3 aromatic rings. The molecule has 17 nitrogen and oxygen atoms in total. The molecule has 7 rings (SSSR count). The van der Waals surface area contributed by atoms with E-state index in [1.54, 1.807) is 59.5 Å². The molecule has 3 saturated heterocycles. The lowest BCUT2D eigenvalue weighted by atomic mass is 9.75. The predicted octanol–water partition coefficient (Wildman–Crippen LogP) is 1.41. The van der Waals surface area contributed by atoms with Crippen molar-refractivity contribution >= 4 is 23.5 Å². The van der Waals surface area contributed by atoms with Gasteiger partial charge in [-0.25, -0.2) is 14.0 Å². The first-order valence-electron chi connectivity index (χ1n) is 19.1. The third-order valence-electron chi connectivity index (χ3n) is 11.3. The summed E-state index contributed by atoms with van der Waals surface area (Å²) >= 11 is 0. The van der Waals surface area contributed by atoms with Crippen LogP contribution < -0.4 is 9.64 Å². The second kappa shape index (κ2) is 17.7. The highest BCUT2D eigenvalue weighted by atomic mass is 19.1. The molecule has 14 atom stereocenters. The van der Waals surface area contributed by atoms with E-state index in [9.17, 15) is 64.7 Å². The van der Waals surface area contributed by atoms with Gasteiger partial charge in [0.1, 0.15) is 48.2 Å². The number of anilines is 1. The van der Waals surface area contributed by atoms with Crippen molar-refractivity contribution in [2.75, 3.05) is 4.90 Å². The van der Waals surface area contributed by atoms with Crippen molar-refractivity contribution in [3.05, 3.63) is 119 Å². The Hall–Kier alpha value is -5.28. The zero-order valence-corrected chi connectivity index (χ0v) is 31.6. The second-order valence-electron chi connectivity index (χ2n) is 15.1. The third-order valence-corrected chi connectivity index (χ3v) is 11.3. The molecule has 0 spiro atoms. The summed E-state index contributed by atoms with van der Waals surface area (Å²) in [5, 5.41) is 92.6. The molecule has 0 bridgehead atoms. The van der Waals surface area contributed by atoms with Crippen molar-refractivity contribution in [3.63, 3.8) is 0 Å². The minimum Gasteiger partial charge on any atom is -0.512 e. The number of amides is 1. The Balaban J connectivity index is 1.11. The molecule has 3 aliphatic heterocycles. The highest BCUT2D eigenvalue weighted by Gasteiger charge is 2.52. The van der Waals surface area contributed by atoms with Crippen LogP contribution >= 0.6 is 0 Å². The number of carboxylic acids is 2. The van der Waals surface area contributed by atoms with Crippen molar-refractivity contribution < 1.29 is 83.7 Å². The molecule has 8 unspecified atom stereocenters. The number of β-lactam (4-membered cyclic amide) rings is 1. The number of halogens is 1. The summed E-state index contributed by atoms with van der Waals surface area (Å²) in [6, 6.07) is 19.8. The van der Waals surface area contributed by atoms with Gasteiger partial charge in [0.05, 0.1) is 23.8 Å². The maximum Gasteiger partial charge on any atom is 0.335 e. The second-order valence-corrected chi connectivity index (χ2v) is 15.1. The molecule has 3 fully saturated rings. The molecular weight excluding hydrogens is 793 g/mol. The lowest BCUT2D eigenvalue weighted by Gasteiger charge is -2.49. The van der Waals surface area contributed by atoms with Gasteiger partial charge in [-0.1, -0.05) is 54.6 Å². The van der Waals surface area contributed by atoms with Gasteiger partial charge in [0, 0.05) is 23.6 Å². The van der Waals surface area contributed by atoms with Crippen LogP contribution in [0.3, 0.4) is 0 Å². The highest BCUT2D eigenvalue weighted by Crippen LogP contribution is 2.45. The molecule has 0 aromatic heterocycles. The first-order chi connectivity index (χ1) is 28.6. The molecule has 60 heavy (non-hydrogen) atoms. The number of nitrogens with zero attached hydrogens (tertiary/aromatic N) is 1. The number of benzene rings is 3. The summed E-state index contributed by atoms with van der Waals surface area (Å²) in [6.45, 7) is 0. The first kappa shape index (κ1) is 42.8. The minimum atomic E-state index is -1.95. The average molecular weight is 838 g/mol. The van der Waals surface area contributed by atoms with Crippen LogP contribution in [0.4, 0.5) is 10.1 Å². The molecular formula is C42H44FNO16. The SMILES string of the molecule is O=C(O)C1OC(Oc2cccc(C3C=CC([C@@H]4[C@@H](CC[C@H](O[C@@H]5OC(C(=O)O)[C@@H](O)C(O)C5O)c5ccc(F)cc5)C(=O)N4c4ccccc4)=C(O)C3)c2)C(O)C(O)[C@@H]1O. The van der Waals surface area contributed by atoms with Crippen LogP contribution in [0.2, 0.25) is 0 Å². The van der Waals surface area contributed by atoms with Gasteiger partial charge in [-0.15, -0.1) is 0 Å². The van der Waals surface area contributed by atoms with Crippen LogP contribution in [0.5, 0.6) is 5.75 Å². The number of allylic oxidation sites excluding steroid dienone is 2. The van der Waals surface area contributed by atoms with E-state index in [4.69, 9.17) is 18.9 Å². The lowest BCUT2D eigenvalue weighted by Crippen LogP contribution is -2.62. The number of aliphatic carboxylic acids is 2. The number of carboxylic acid groups (broad SMARTS) is 2. The Morgan fingerprint density at radius 3 is 2.02 bits per heavy atom. The van der Waals surface area contributed by atoms with Gasteiger partial charge >= 0.3 is 11.9 Å². The minimum absolute atomic E-state index is 0.0259. The number of carbonyl (C=O) groups excluding carboxylic acids is 1. The fourth-order valence-electron chi connectivity index (χ4n) is 8.02. The largest absolute Gasteiger partial charge is 0.512 e. The fourth-order valence-corrected chi connectivity index (χ4v) is 8.02. The van der Waals surface area contributed by atoms with Gasteiger partial charge in [0.2, 0.25) is 12.2 Å². The molecule has 9 N–H and O–H groups in total. The quantitative estimate of drug-likeness (QED) is 0.110. The summed E-state index contributed by atoms with van der Waals surface area (Å²) in [4.78, 5) is 38.9. The molecule has 1 aliphatic carbocycles. The van der Waals surface area contributed by atoms with E-state index in [1.165, 1.54) is 30.3 Å². The van der Waals surface area contributed by atoms with Crippen LogP contribution in [0, 0.1) is 11.7 Å². The van der Waals surface area contributed by atoms with Gasteiger partial charge in [-0.2, -0.15) is 0 Å². The van der Waals surface area contributed by atoms with Gasteiger partial charge in [0.25, 0.3) is 0 Å². The Labute approximate surface area is 341 Å². The topological polar surface area (TPSA) is 273 Å². The zero-order chi connectivity index (χ0) is 43.0. The van der Waals surface area contributed by atoms with Crippen LogP contribution in [-0.2, 0) is 28.6 Å². The van der Waals surface area contributed by atoms with Crippen molar-refractivity contribution in [3.8, 4) is 5.75 Å². The van der Waals surface area contributed by atoms with Crippen molar-refractivity contribution in [1.82, 2.24) is 0 Å². The summed E-state index contributed by atoms with van der Waals surface area (Å²) in [7, 11) is 0. The standard InChI is InChI=1S/C42H44FNO16/c43-22-12-9-19(10-13-22)28(58-42-35(51)31(47)33(49)37(60-42)40(55)56)16-15-26-29(44(38(26)52)23-6-2-1-3-7-23)25-14-11-21(18-27(25)45)20-5-4-8-24(17-20)57-41-34(50)30(46)32(48)36(59-41)39(53)54/h1-14,17,21,26,28-37,41-42,45-51H,15-16,18H2,(H,53,54)(H,55,56)/t21?,26-,28+,29-,30?,31?,32+,33+,34?,35?,36?,37?,41?,42-/m1/s1. The number of ether oxygens (including phenoxy) is 4. The number of carbonyl (C=O) groups is 3. The monoisotopic (exact) mass is 837 g/mol. The fraction of sp³-hybridized carbons (Fsp3) is 0.405. The van der Waals surface area contributed by atoms with Gasteiger partial charge in [-0.05, 0) is 60.4 Å². The smallest absolute Gasteiger partial charge is 0.335 e. The summed E-state index contributed by atoms with van der Waals surface area (Å²) in [5.74, 6) is -5.05. The van der Waals surface area contributed by atoms with E-state index in [1.807, 2.05) is 6.08 Å². The molecule has 4 aliphatic rings. The summed E-state index contributed by atoms with van der Waals surface area (Å²) < 4.78 is 36.3. The van der Waals surface area contributed by atoms with Gasteiger partial charge < -0.3 is 69.8 Å². The van der Waals surface area contributed by atoms with Gasteiger partial charge in [-0.3, -0.25) is 4.79 Å². The van der Waals surface area contributed by atoms with Crippen LogP contribution in [0.25, 0.3) is 0 Å². The van der Waals surface area contributed by atoms with E-state index >= 15 is 0 Å². The van der Waals surface area contributed by atoms with E-state index in [0.717, 1.165) is 0 Å².